The van der Waals surface area contributed by atoms with Crippen molar-refractivity contribution in [1.29, 1.82) is 0 Å². The number of imidazole rings is 1. The van der Waals surface area contributed by atoms with Crippen molar-refractivity contribution in [1.82, 2.24) is 24.3 Å². The van der Waals surface area contributed by atoms with Crippen LogP contribution in [0.1, 0.15) is 16.8 Å². The molecule has 154 valence electrons. The third-order valence-corrected chi connectivity index (χ3v) is 5.18. The molecule has 1 aromatic carbocycles. The molecule has 1 aliphatic heterocycles. The normalized spacial score (nSPS) is 14.3. The van der Waals surface area contributed by atoms with Crippen LogP contribution in [0.2, 0.25) is 5.02 Å². The minimum Gasteiger partial charge on any atom is -0.337 e. The first-order valence-electron chi connectivity index (χ1n) is 9.65. The molecule has 9 heteroatoms. The predicted molar refractivity (Wildman–Crippen MR) is 114 cm³/mol. The molecule has 3 heterocycles. The van der Waals surface area contributed by atoms with Crippen molar-refractivity contribution in [2.24, 2.45) is 0 Å². The lowest BCUT2D eigenvalue weighted by atomic mass is 10.2. The van der Waals surface area contributed by atoms with Gasteiger partial charge < -0.3 is 15.1 Å². The molecule has 2 aromatic heterocycles. The molecule has 30 heavy (non-hydrogen) atoms. The van der Waals surface area contributed by atoms with E-state index in [4.69, 9.17) is 11.6 Å². The van der Waals surface area contributed by atoms with Crippen LogP contribution in [-0.2, 0) is 0 Å². The number of carbonyl (C=O) groups excluding carboxylic acids is 2. The summed E-state index contributed by atoms with van der Waals surface area (Å²) in [4.78, 5) is 37.3. The minimum absolute atomic E-state index is 0.0837. The maximum absolute atomic E-state index is 12.9. The summed E-state index contributed by atoms with van der Waals surface area (Å²) in [6.45, 7) is 2.11. The van der Waals surface area contributed by atoms with Crippen molar-refractivity contribution < 1.29 is 9.59 Å². The van der Waals surface area contributed by atoms with Gasteiger partial charge in [-0.15, -0.1) is 0 Å². The van der Waals surface area contributed by atoms with Crippen molar-refractivity contribution in [3.05, 3.63) is 71.9 Å². The van der Waals surface area contributed by atoms with Gasteiger partial charge in [-0.3, -0.25) is 9.36 Å². The van der Waals surface area contributed by atoms with Gasteiger partial charge in [0.15, 0.2) is 0 Å². The van der Waals surface area contributed by atoms with Crippen molar-refractivity contribution in [2.75, 3.05) is 31.5 Å². The van der Waals surface area contributed by atoms with Crippen molar-refractivity contribution in [3.63, 3.8) is 0 Å². The first-order valence-corrected chi connectivity index (χ1v) is 10.0. The summed E-state index contributed by atoms with van der Waals surface area (Å²) in [5.41, 5.74) is 1.21. The highest BCUT2D eigenvalue weighted by Crippen LogP contribution is 2.15. The molecule has 4 rings (SSSR count). The van der Waals surface area contributed by atoms with Crippen LogP contribution in [0.15, 0.2) is 61.3 Å². The van der Waals surface area contributed by atoms with Crippen LogP contribution in [0.3, 0.4) is 0 Å². The van der Waals surface area contributed by atoms with E-state index in [-0.39, 0.29) is 11.9 Å². The molecule has 8 nitrogen and oxygen atoms in total. The van der Waals surface area contributed by atoms with Crippen LogP contribution in [0.25, 0.3) is 5.82 Å². The fourth-order valence-electron chi connectivity index (χ4n) is 3.30. The Bertz CT molecular complexity index is 1000. The second-order valence-corrected chi connectivity index (χ2v) is 7.38. The summed E-state index contributed by atoms with van der Waals surface area (Å²) in [6, 6.07) is 10.3. The fourth-order valence-corrected chi connectivity index (χ4v) is 3.43. The van der Waals surface area contributed by atoms with E-state index < -0.39 is 0 Å². The molecular weight excluding hydrogens is 404 g/mol. The van der Waals surface area contributed by atoms with Gasteiger partial charge in [0, 0.05) is 55.5 Å². The van der Waals surface area contributed by atoms with Crippen LogP contribution in [0.5, 0.6) is 0 Å². The van der Waals surface area contributed by atoms with Gasteiger partial charge in [-0.05, 0) is 42.8 Å². The van der Waals surface area contributed by atoms with Crippen LogP contribution >= 0.6 is 11.6 Å². The summed E-state index contributed by atoms with van der Waals surface area (Å²) in [5.74, 6) is 0.615. The van der Waals surface area contributed by atoms with E-state index in [2.05, 4.69) is 15.3 Å². The highest BCUT2D eigenvalue weighted by Gasteiger charge is 2.23. The number of hydrogen-bond donors (Lipinski definition) is 1. The van der Waals surface area contributed by atoms with Gasteiger partial charge >= 0.3 is 6.03 Å². The number of rotatable bonds is 3. The van der Waals surface area contributed by atoms with Crippen LogP contribution < -0.4 is 5.32 Å². The summed E-state index contributed by atoms with van der Waals surface area (Å²) in [5, 5.41) is 3.48. The van der Waals surface area contributed by atoms with E-state index in [1.807, 2.05) is 0 Å². The Balaban J connectivity index is 1.35. The minimum atomic E-state index is -0.182. The molecule has 0 saturated carbocycles. The highest BCUT2D eigenvalue weighted by atomic mass is 35.5. The molecule has 1 fully saturated rings. The zero-order valence-corrected chi connectivity index (χ0v) is 17.0. The summed E-state index contributed by atoms with van der Waals surface area (Å²) < 4.78 is 1.78. The van der Waals surface area contributed by atoms with E-state index in [1.54, 1.807) is 75.7 Å². The first kappa shape index (κ1) is 19.9. The quantitative estimate of drug-likeness (QED) is 0.699. The molecule has 0 bridgehead atoms. The van der Waals surface area contributed by atoms with Gasteiger partial charge in [-0.25, -0.2) is 14.8 Å². The van der Waals surface area contributed by atoms with Crippen LogP contribution in [0.4, 0.5) is 10.5 Å². The SMILES string of the molecule is O=C(Nc1ccc(Cl)cc1)N1CCCN(C(=O)c2ccc(-n3ccnc3)nc2)CC1. The third kappa shape index (κ3) is 4.60. The molecule has 3 aromatic rings. The number of amides is 3. The Morgan fingerprint density at radius 1 is 0.967 bits per heavy atom. The van der Waals surface area contributed by atoms with E-state index in [0.717, 1.165) is 0 Å². The number of hydrogen-bond acceptors (Lipinski definition) is 4. The van der Waals surface area contributed by atoms with Crippen LogP contribution in [0, 0.1) is 0 Å². The number of halogens is 1. The molecule has 0 spiro atoms. The number of nitrogens with zero attached hydrogens (tertiary/aromatic N) is 5. The Morgan fingerprint density at radius 2 is 1.73 bits per heavy atom. The zero-order chi connectivity index (χ0) is 20.9. The van der Waals surface area contributed by atoms with E-state index >= 15 is 0 Å². The number of nitrogens with one attached hydrogen (secondary N) is 1. The molecule has 3 amide bonds. The third-order valence-electron chi connectivity index (χ3n) is 4.93. The lowest BCUT2D eigenvalue weighted by Crippen LogP contribution is -2.39. The topological polar surface area (TPSA) is 83.4 Å². The molecule has 1 N–H and O–H groups in total. The Hall–Kier alpha value is -3.39. The average molecular weight is 425 g/mol. The van der Waals surface area contributed by atoms with Gasteiger partial charge in [0.25, 0.3) is 5.91 Å². The number of urea groups is 1. The molecule has 0 radical (unpaired) electrons. The second-order valence-electron chi connectivity index (χ2n) is 6.94. The molecular formula is C21H21ClN6O2. The highest BCUT2D eigenvalue weighted by molar-refractivity contribution is 6.30. The molecule has 0 unspecified atom stereocenters. The van der Waals surface area contributed by atoms with Gasteiger partial charge in [0.1, 0.15) is 12.1 Å². The Kier molecular flexibility index (Phi) is 5.94. The number of aromatic nitrogens is 3. The van der Waals surface area contributed by atoms with E-state index in [9.17, 15) is 9.59 Å². The second kappa shape index (κ2) is 8.96. The average Bonchev–Trinajstić information content (AvgIpc) is 3.19. The van der Waals surface area contributed by atoms with Gasteiger partial charge in [-0.2, -0.15) is 0 Å². The van der Waals surface area contributed by atoms with Gasteiger partial charge in [0.05, 0.1) is 5.56 Å². The van der Waals surface area contributed by atoms with Crippen molar-refractivity contribution in [2.45, 2.75) is 6.42 Å². The summed E-state index contributed by atoms with van der Waals surface area (Å²) in [6.07, 6.45) is 7.41. The molecule has 1 saturated heterocycles. The van der Waals surface area contributed by atoms with E-state index in [0.29, 0.717) is 54.7 Å². The van der Waals surface area contributed by atoms with Crippen molar-refractivity contribution in [3.8, 4) is 5.82 Å². The number of pyridine rings is 1. The summed E-state index contributed by atoms with van der Waals surface area (Å²) >= 11 is 5.88. The molecule has 1 aliphatic rings. The van der Waals surface area contributed by atoms with E-state index in [1.165, 1.54) is 0 Å². The van der Waals surface area contributed by atoms with Gasteiger partial charge in [0.2, 0.25) is 0 Å². The zero-order valence-electron chi connectivity index (χ0n) is 16.2. The standard InChI is InChI=1S/C21H21ClN6O2/c22-17-3-5-18(6-4-17)25-21(30)27-10-1-9-26(12-13-27)20(29)16-2-7-19(24-14-16)28-11-8-23-15-28/h2-8,11,14-15H,1,9-10,12-13H2,(H,25,30). The first-order chi connectivity index (χ1) is 14.6. The Labute approximate surface area is 179 Å². The molecule has 0 aliphatic carbocycles. The summed E-state index contributed by atoms with van der Waals surface area (Å²) in [7, 11) is 0. The number of anilines is 1. The Morgan fingerprint density at radius 3 is 2.43 bits per heavy atom. The number of benzene rings is 1. The fraction of sp³-hybridized carbons (Fsp3) is 0.238. The maximum Gasteiger partial charge on any atom is 0.321 e. The predicted octanol–water partition coefficient (Wildman–Crippen LogP) is 3.30. The van der Waals surface area contributed by atoms with Crippen molar-refractivity contribution >= 4 is 29.2 Å². The lowest BCUT2D eigenvalue weighted by Gasteiger charge is -2.22. The maximum atomic E-state index is 12.9. The molecule has 0 atom stereocenters. The van der Waals surface area contributed by atoms with Gasteiger partial charge in [-0.1, -0.05) is 11.6 Å². The van der Waals surface area contributed by atoms with Crippen LogP contribution in [-0.4, -0.2) is 62.5 Å². The smallest absolute Gasteiger partial charge is 0.321 e. The number of carbonyl (C=O) groups is 2. The monoisotopic (exact) mass is 424 g/mol. The largest absolute Gasteiger partial charge is 0.337 e. The lowest BCUT2D eigenvalue weighted by molar-refractivity contribution is 0.0762.